The van der Waals surface area contributed by atoms with Gasteiger partial charge in [0, 0.05) is 37.9 Å². The number of nitro groups is 1. The van der Waals surface area contributed by atoms with Crippen molar-refractivity contribution >= 4 is 40.4 Å². The first-order valence-electron chi connectivity index (χ1n) is 12.0. The standard InChI is InChI=1S/C26H24F3N5O5S/c1-39-12-11-32(25(36)30-19-9-7-18(8-10-19)26(27,28)29)16-24(35)33-22(15-21(31-33)23-6-3-13-40-23)17-4-2-5-20(14-17)34(37)38/h2-10,13-14,22H,11-12,15-16H2,1H3,(H,30,36)/t22-/m0/s1. The van der Waals surface area contributed by atoms with Crippen LogP contribution in [0.5, 0.6) is 0 Å². The molecular formula is C26H24F3N5O5S. The molecule has 3 aromatic rings. The van der Waals surface area contributed by atoms with Crippen LogP contribution in [0.1, 0.15) is 28.5 Å². The predicted molar refractivity (Wildman–Crippen MR) is 142 cm³/mol. The number of rotatable bonds is 9. The summed E-state index contributed by atoms with van der Waals surface area (Å²) in [5.74, 6) is -0.554. The molecular weight excluding hydrogens is 551 g/mol. The third-order valence-electron chi connectivity index (χ3n) is 6.08. The van der Waals surface area contributed by atoms with Crippen molar-refractivity contribution in [2.75, 3.05) is 32.1 Å². The fraction of sp³-hybridized carbons (Fsp3) is 0.269. The zero-order chi connectivity index (χ0) is 28.9. The maximum Gasteiger partial charge on any atom is 0.416 e. The zero-order valence-corrected chi connectivity index (χ0v) is 21.9. The van der Waals surface area contributed by atoms with E-state index in [9.17, 15) is 32.9 Å². The first-order valence-corrected chi connectivity index (χ1v) is 12.8. The van der Waals surface area contributed by atoms with Crippen LogP contribution in [0, 0.1) is 10.1 Å². The van der Waals surface area contributed by atoms with E-state index in [1.807, 2.05) is 17.5 Å². The second-order valence-electron chi connectivity index (χ2n) is 8.75. The average molecular weight is 576 g/mol. The van der Waals surface area contributed by atoms with E-state index >= 15 is 0 Å². The number of carbonyl (C=O) groups is 2. The second kappa shape index (κ2) is 12.3. The summed E-state index contributed by atoms with van der Waals surface area (Å²) in [6.45, 7) is -0.334. The lowest BCUT2D eigenvalue weighted by Gasteiger charge is -2.27. The number of nitrogens with zero attached hydrogens (tertiary/aromatic N) is 4. The molecule has 0 radical (unpaired) electrons. The van der Waals surface area contributed by atoms with Crippen molar-refractivity contribution in [3.63, 3.8) is 0 Å². The molecule has 1 aliphatic rings. The van der Waals surface area contributed by atoms with Crippen molar-refractivity contribution in [1.82, 2.24) is 9.91 Å². The molecule has 2 aromatic carbocycles. The van der Waals surface area contributed by atoms with Crippen LogP contribution in [-0.4, -0.2) is 59.3 Å². The van der Waals surface area contributed by atoms with Crippen LogP contribution >= 0.6 is 11.3 Å². The molecule has 10 nitrogen and oxygen atoms in total. The van der Waals surface area contributed by atoms with Crippen LogP contribution in [0.2, 0.25) is 0 Å². The van der Waals surface area contributed by atoms with Crippen LogP contribution in [0.25, 0.3) is 0 Å². The highest BCUT2D eigenvalue weighted by atomic mass is 32.1. The molecule has 1 N–H and O–H groups in total. The van der Waals surface area contributed by atoms with Crippen molar-refractivity contribution in [2.24, 2.45) is 5.10 Å². The number of hydrogen-bond acceptors (Lipinski definition) is 7. The molecule has 0 saturated carbocycles. The Morgan fingerprint density at radius 1 is 1.20 bits per heavy atom. The molecule has 0 spiro atoms. The minimum Gasteiger partial charge on any atom is -0.383 e. The van der Waals surface area contributed by atoms with Gasteiger partial charge in [-0.2, -0.15) is 18.3 Å². The number of nitrogens with one attached hydrogen (secondary N) is 1. The SMILES string of the molecule is COCCN(CC(=O)N1N=C(c2cccs2)C[C@H]1c1cccc([N+](=O)[O-])c1)C(=O)Nc1ccc(C(F)(F)F)cc1. The number of ether oxygens (including phenoxy) is 1. The van der Waals surface area contributed by atoms with Crippen molar-refractivity contribution in [2.45, 2.75) is 18.6 Å². The number of methoxy groups -OCH3 is 1. The number of non-ortho nitro benzene ring substituents is 1. The van der Waals surface area contributed by atoms with Gasteiger partial charge in [-0.05, 0) is 41.3 Å². The van der Waals surface area contributed by atoms with Gasteiger partial charge in [-0.25, -0.2) is 9.80 Å². The quantitative estimate of drug-likeness (QED) is 0.266. The van der Waals surface area contributed by atoms with Gasteiger partial charge >= 0.3 is 12.2 Å². The van der Waals surface area contributed by atoms with Gasteiger partial charge in [0.25, 0.3) is 11.6 Å². The smallest absolute Gasteiger partial charge is 0.383 e. The van der Waals surface area contributed by atoms with Crippen LogP contribution in [0.4, 0.5) is 29.3 Å². The summed E-state index contributed by atoms with van der Waals surface area (Å²) in [5.41, 5.74) is 0.249. The maximum absolute atomic E-state index is 13.5. The van der Waals surface area contributed by atoms with Crippen molar-refractivity contribution in [1.29, 1.82) is 0 Å². The Morgan fingerprint density at radius 2 is 1.95 bits per heavy atom. The molecule has 40 heavy (non-hydrogen) atoms. The molecule has 0 fully saturated rings. The summed E-state index contributed by atoms with van der Waals surface area (Å²) in [7, 11) is 1.42. The van der Waals surface area contributed by atoms with Crippen LogP contribution in [0.3, 0.4) is 0 Å². The van der Waals surface area contributed by atoms with Crippen molar-refractivity contribution in [3.8, 4) is 0 Å². The zero-order valence-electron chi connectivity index (χ0n) is 21.1. The number of halogens is 3. The largest absolute Gasteiger partial charge is 0.416 e. The Kier molecular flexibility index (Phi) is 8.80. The molecule has 0 aliphatic carbocycles. The minimum absolute atomic E-state index is 0.00548. The monoisotopic (exact) mass is 575 g/mol. The van der Waals surface area contributed by atoms with E-state index in [1.165, 1.54) is 41.7 Å². The Balaban J connectivity index is 1.56. The molecule has 1 aromatic heterocycles. The molecule has 0 unspecified atom stereocenters. The number of anilines is 1. The van der Waals surface area contributed by atoms with E-state index in [-0.39, 0.29) is 24.5 Å². The summed E-state index contributed by atoms with van der Waals surface area (Å²) in [5, 5.41) is 21.5. The Bertz CT molecular complexity index is 1400. The Morgan fingerprint density at radius 3 is 2.58 bits per heavy atom. The van der Waals surface area contributed by atoms with Gasteiger partial charge in [0.05, 0.1) is 33.7 Å². The van der Waals surface area contributed by atoms with Crippen molar-refractivity contribution < 1.29 is 32.4 Å². The molecule has 0 saturated heterocycles. The van der Waals surface area contributed by atoms with Gasteiger partial charge < -0.3 is 15.0 Å². The van der Waals surface area contributed by atoms with Crippen LogP contribution < -0.4 is 5.32 Å². The summed E-state index contributed by atoms with van der Waals surface area (Å²) in [6.07, 6.45) is -4.21. The van der Waals surface area contributed by atoms with E-state index in [2.05, 4.69) is 10.4 Å². The lowest BCUT2D eigenvalue weighted by Crippen LogP contribution is -2.44. The highest BCUT2D eigenvalue weighted by molar-refractivity contribution is 7.12. The normalized spacial score (nSPS) is 15.1. The number of hydrogen-bond donors (Lipinski definition) is 1. The first-order chi connectivity index (χ1) is 19.1. The molecule has 2 heterocycles. The van der Waals surface area contributed by atoms with Gasteiger partial charge in [0.2, 0.25) is 0 Å². The molecule has 1 aliphatic heterocycles. The number of carbonyl (C=O) groups excluding carboxylic acids is 2. The van der Waals surface area contributed by atoms with Gasteiger partial charge in [-0.1, -0.05) is 18.2 Å². The topological polar surface area (TPSA) is 117 Å². The minimum atomic E-state index is -4.52. The average Bonchev–Trinajstić information content (AvgIpc) is 3.61. The third kappa shape index (κ3) is 6.82. The number of urea groups is 1. The van der Waals surface area contributed by atoms with Gasteiger partial charge in [0.15, 0.2) is 0 Å². The van der Waals surface area contributed by atoms with Crippen LogP contribution in [0.15, 0.2) is 71.1 Å². The lowest BCUT2D eigenvalue weighted by molar-refractivity contribution is -0.385. The van der Waals surface area contributed by atoms with E-state index in [0.717, 1.165) is 34.0 Å². The highest BCUT2D eigenvalue weighted by Crippen LogP contribution is 2.35. The van der Waals surface area contributed by atoms with Crippen LogP contribution in [-0.2, 0) is 15.7 Å². The number of hydrazone groups is 1. The van der Waals surface area contributed by atoms with E-state index in [1.54, 1.807) is 6.07 Å². The van der Waals surface area contributed by atoms with Gasteiger partial charge in [0.1, 0.15) is 6.54 Å². The predicted octanol–water partition coefficient (Wildman–Crippen LogP) is 5.53. The fourth-order valence-electron chi connectivity index (χ4n) is 4.07. The number of thiophene rings is 1. The molecule has 210 valence electrons. The Labute approximate surface area is 230 Å². The molecule has 3 amide bonds. The molecule has 14 heteroatoms. The molecule has 4 rings (SSSR count). The number of nitro benzene ring substituents is 1. The molecule has 1 atom stereocenters. The first kappa shape index (κ1) is 28.7. The van der Waals surface area contributed by atoms with E-state index in [0.29, 0.717) is 17.7 Å². The number of alkyl halides is 3. The van der Waals surface area contributed by atoms with Crippen molar-refractivity contribution in [3.05, 3.63) is 92.2 Å². The Hall–Kier alpha value is -4.30. The molecule has 0 bridgehead atoms. The lowest BCUT2D eigenvalue weighted by atomic mass is 10.0. The highest BCUT2D eigenvalue weighted by Gasteiger charge is 2.35. The van der Waals surface area contributed by atoms with E-state index < -0.39 is 41.2 Å². The summed E-state index contributed by atoms with van der Waals surface area (Å²) >= 11 is 1.43. The summed E-state index contributed by atoms with van der Waals surface area (Å²) in [4.78, 5) is 39.4. The van der Waals surface area contributed by atoms with Gasteiger partial charge in [-0.15, -0.1) is 11.3 Å². The second-order valence-corrected chi connectivity index (χ2v) is 9.70. The summed E-state index contributed by atoms with van der Waals surface area (Å²) in [6, 6.07) is 12.2. The third-order valence-corrected chi connectivity index (χ3v) is 7.00. The van der Waals surface area contributed by atoms with E-state index in [4.69, 9.17) is 4.74 Å². The summed E-state index contributed by atoms with van der Waals surface area (Å²) < 4.78 is 43.7. The number of benzene rings is 2. The fourth-order valence-corrected chi connectivity index (χ4v) is 4.79. The van der Waals surface area contributed by atoms with Gasteiger partial charge in [-0.3, -0.25) is 14.9 Å². The maximum atomic E-state index is 13.5. The number of amides is 3.